The van der Waals surface area contributed by atoms with E-state index in [1.54, 1.807) is 12.1 Å². The molecule has 0 aliphatic heterocycles. The number of hydrogen-bond donors (Lipinski definition) is 3. The molecule has 7 nitrogen and oxygen atoms in total. The maximum Gasteiger partial charge on any atom is 0.314 e. The predicted molar refractivity (Wildman–Crippen MR) is 100 cm³/mol. The summed E-state index contributed by atoms with van der Waals surface area (Å²) in [6, 6.07) is 12.5. The Bertz CT molecular complexity index is 930. The molecule has 4 N–H and O–H groups in total. The molecule has 0 fully saturated rings. The Labute approximate surface area is 152 Å². The minimum absolute atomic E-state index is 0.0842. The van der Waals surface area contributed by atoms with E-state index in [2.05, 4.69) is 10.6 Å². The molecule has 0 saturated heterocycles. The van der Waals surface area contributed by atoms with Crippen LogP contribution in [0.15, 0.2) is 53.4 Å². The van der Waals surface area contributed by atoms with Gasteiger partial charge in [-0.2, -0.15) is 0 Å². The van der Waals surface area contributed by atoms with Gasteiger partial charge in [-0.1, -0.05) is 39.0 Å². The van der Waals surface area contributed by atoms with Crippen LogP contribution in [0.2, 0.25) is 0 Å². The maximum absolute atomic E-state index is 12.2. The summed E-state index contributed by atoms with van der Waals surface area (Å²) in [4.78, 5) is 24.2. The molecule has 0 aliphatic rings. The molecule has 26 heavy (non-hydrogen) atoms. The minimum atomic E-state index is -3.82. The first kappa shape index (κ1) is 19.6. The standard InChI is InChI=1S/C18H21N3O4S/c1-18(2,3)14-6-4-5-7-15(14)21-17(23)16(22)20-12-8-10-13(11-9-12)26(19,24)25/h4-11H,1-3H3,(H,20,22)(H,21,23)(H2,19,24,25). The molecular formula is C18H21N3O4S. The minimum Gasteiger partial charge on any atom is -0.318 e. The van der Waals surface area contributed by atoms with Crippen molar-refractivity contribution in [2.75, 3.05) is 10.6 Å². The van der Waals surface area contributed by atoms with Gasteiger partial charge >= 0.3 is 11.8 Å². The first-order valence-electron chi connectivity index (χ1n) is 7.83. The number of para-hydroxylation sites is 1. The largest absolute Gasteiger partial charge is 0.318 e. The fourth-order valence-electron chi connectivity index (χ4n) is 2.34. The molecule has 8 heteroatoms. The van der Waals surface area contributed by atoms with Crippen molar-refractivity contribution in [1.82, 2.24) is 0 Å². The van der Waals surface area contributed by atoms with E-state index in [-0.39, 0.29) is 16.0 Å². The van der Waals surface area contributed by atoms with E-state index < -0.39 is 21.8 Å². The zero-order chi connectivity index (χ0) is 19.5. The van der Waals surface area contributed by atoms with E-state index in [0.29, 0.717) is 5.69 Å². The summed E-state index contributed by atoms with van der Waals surface area (Å²) in [5.74, 6) is -1.69. The summed E-state index contributed by atoms with van der Waals surface area (Å²) >= 11 is 0. The maximum atomic E-state index is 12.2. The lowest BCUT2D eigenvalue weighted by Crippen LogP contribution is -2.30. The lowest BCUT2D eigenvalue weighted by atomic mass is 9.86. The van der Waals surface area contributed by atoms with Gasteiger partial charge in [0, 0.05) is 11.4 Å². The Hall–Kier alpha value is -2.71. The van der Waals surface area contributed by atoms with Crippen LogP contribution in [0.5, 0.6) is 0 Å². The fourth-order valence-corrected chi connectivity index (χ4v) is 2.86. The van der Waals surface area contributed by atoms with Crippen molar-refractivity contribution in [3.63, 3.8) is 0 Å². The van der Waals surface area contributed by atoms with Crippen LogP contribution in [-0.4, -0.2) is 20.2 Å². The van der Waals surface area contributed by atoms with E-state index in [1.165, 1.54) is 24.3 Å². The Morgan fingerprint density at radius 1 is 0.885 bits per heavy atom. The Morgan fingerprint density at radius 3 is 1.96 bits per heavy atom. The molecule has 0 saturated carbocycles. The highest BCUT2D eigenvalue weighted by atomic mass is 32.2. The molecule has 2 rings (SSSR count). The van der Waals surface area contributed by atoms with Crippen molar-refractivity contribution in [1.29, 1.82) is 0 Å². The SMILES string of the molecule is CC(C)(C)c1ccccc1NC(=O)C(=O)Nc1ccc(S(N)(=O)=O)cc1. The first-order chi connectivity index (χ1) is 12.0. The number of sulfonamides is 1. The van der Waals surface area contributed by atoms with Crippen LogP contribution in [0.1, 0.15) is 26.3 Å². The summed E-state index contributed by atoms with van der Waals surface area (Å²) in [6.45, 7) is 6.02. The van der Waals surface area contributed by atoms with Crippen LogP contribution in [0.25, 0.3) is 0 Å². The van der Waals surface area contributed by atoms with Crippen molar-refractivity contribution in [3.8, 4) is 0 Å². The lowest BCUT2D eigenvalue weighted by Gasteiger charge is -2.22. The van der Waals surface area contributed by atoms with Gasteiger partial charge in [0.1, 0.15) is 0 Å². The smallest absolute Gasteiger partial charge is 0.314 e. The van der Waals surface area contributed by atoms with Crippen LogP contribution in [0.3, 0.4) is 0 Å². The molecule has 138 valence electrons. The zero-order valence-corrected chi connectivity index (χ0v) is 15.6. The van der Waals surface area contributed by atoms with E-state index in [9.17, 15) is 18.0 Å². The zero-order valence-electron chi connectivity index (χ0n) is 14.7. The monoisotopic (exact) mass is 375 g/mol. The van der Waals surface area contributed by atoms with Gasteiger partial charge in [0.2, 0.25) is 10.0 Å². The fraction of sp³-hybridized carbons (Fsp3) is 0.222. The van der Waals surface area contributed by atoms with Crippen molar-refractivity contribution in [3.05, 3.63) is 54.1 Å². The number of benzene rings is 2. The number of rotatable bonds is 3. The van der Waals surface area contributed by atoms with Crippen LogP contribution in [0, 0.1) is 0 Å². The van der Waals surface area contributed by atoms with Gasteiger partial charge in [0.05, 0.1) is 4.90 Å². The van der Waals surface area contributed by atoms with Gasteiger partial charge in [-0.25, -0.2) is 13.6 Å². The molecule has 0 spiro atoms. The van der Waals surface area contributed by atoms with Crippen LogP contribution < -0.4 is 15.8 Å². The van der Waals surface area contributed by atoms with Crippen molar-refractivity contribution >= 4 is 33.2 Å². The predicted octanol–water partition coefficient (Wildman–Crippen LogP) is 2.21. The van der Waals surface area contributed by atoms with Gasteiger partial charge < -0.3 is 10.6 Å². The van der Waals surface area contributed by atoms with E-state index in [4.69, 9.17) is 5.14 Å². The Morgan fingerprint density at radius 2 is 1.42 bits per heavy atom. The number of hydrogen-bond acceptors (Lipinski definition) is 4. The summed E-state index contributed by atoms with van der Waals surface area (Å²) in [6.07, 6.45) is 0. The second kappa shape index (κ2) is 7.27. The molecule has 0 atom stereocenters. The van der Waals surface area contributed by atoms with E-state index in [1.807, 2.05) is 32.9 Å². The molecule has 2 aromatic carbocycles. The van der Waals surface area contributed by atoms with E-state index in [0.717, 1.165) is 5.56 Å². The first-order valence-corrected chi connectivity index (χ1v) is 9.38. The highest BCUT2D eigenvalue weighted by molar-refractivity contribution is 7.89. The molecule has 0 aromatic heterocycles. The van der Waals surface area contributed by atoms with Crippen LogP contribution >= 0.6 is 0 Å². The number of amides is 2. The summed E-state index contributed by atoms with van der Waals surface area (Å²) < 4.78 is 22.4. The second-order valence-electron chi connectivity index (χ2n) is 6.77. The molecule has 2 amide bonds. The van der Waals surface area contributed by atoms with Gasteiger partial charge in [-0.05, 0) is 41.3 Å². The molecule has 0 heterocycles. The number of anilines is 2. The van der Waals surface area contributed by atoms with Crippen molar-refractivity contribution < 1.29 is 18.0 Å². The Balaban J connectivity index is 2.11. The molecule has 0 radical (unpaired) electrons. The third-order valence-electron chi connectivity index (χ3n) is 3.63. The molecule has 2 aromatic rings. The van der Waals surface area contributed by atoms with Crippen molar-refractivity contribution in [2.45, 2.75) is 31.1 Å². The third kappa shape index (κ3) is 4.90. The Kier molecular flexibility index (Phi) is 5.48. The second-order valence-corrected chi connectivity index (χ2v) is 8.33. The normalized spacial score (nSPS) is 11.7. The van der Waals surface area contributed by atoms with Gasteiger partial charge in [0.15, 0.2) is 0 Å². The molecule has 0 bridgehead atoms. The quantitative estimate of drug-likeness (QED) is 0.713. The van der Waals surface area contributed by atoms with Gasteiger partial charge in [-0.3, -0.25) is 9.59 Å². The molecule has 0 unspecified atom stereocenters. The van der Waals surface area contributed by atoms with E-state index >= 15 is 0 Å². The summed E-state index contributed by atoms with van der Waals surface area (Å²) in [7, 11) is -3.82. The number of carbonyl (C=O) groups excluding carboxylic acids is 2. The third-order valence-corrected chi connectivity index (χ3v) is 4.56. The highest BCUT2D eigenvalue weighted by Crippen LogP contribution is 2.29. The lowest BCUT2D eigenvalue weighted by molar-refractivity contribution is -0.133. The number of primary sulfonamides is 1. The number of carbonyl (C=O) groups is 2. The topological polar surface area (TPSA) is 118 Å². The molecule has 0 aliphatic carbocycles. The summed E-state index contributed by atoms with van der Waals surface area (Å²) in [5.41, 5.74) is 1.54. The summed E-state index contributed by atoms with van der Waals surface area (Å²) in [5, 5.41) is 10.0. The number of nitrogens with two attached hydrogens (primary N) is 1. The van der Waals surface area contributed by atoms with Gasteiger partial charge in [-0.15, -0.1) is 0 Å². The number of nitrogens with one attached hydrogen (secondary N) is 2. The average molecular weight is 375 g/mol. The van der Waals surface area contributed by atoms with Crippen molar-refractivity contribution in [2.24, 2.45) is 5.14 Å². The average Bonchev–Trinajstić information content (AvgIpc) is 2.54. The molecular weight excluding hydrogens is 354 g/mol. The van der Waals surface area contributed by atoms with Crippen LogP contribution in [0.4, 0.5) is 11.4 Å². The van der Waals surface area contributed by atoms with Crippen LogP contribution in [-0.2, 0) is 25.0 Å². The highest BCUT2D eigenvalue weighted by Gasteiger charge is 2.21. The van der Waals surface area contributed by atoms with Gasteiger partial charge in [0.25, 0.3) is 0 Å².